The fraction of sp³-hybridized carbons (Fsp3) is 0.400. The molecular weight excluding hydrogens is 351 g/mol. The summed E-state index contributed by atoms with van der Waals surface area (Å²) in [6.45, 7) is 2.02. The molecule has 0 aromatic heterocycles. The minimum atomic E-state index is -4.93. The van der Waals surface area contributed by atoms with E-state index in [1.54, 1.807) is 6.07 Å². The fourth-order valence-corrected chi connectivity index (χ4v) is 3.57. The number of hydrogen-bond acceptors (Lipinski definition) is 1. The Morgan fingerprint density at radius 3 is 2.46 bits per heavy atom. The van der Waals surface area contributed by atoms with E-state index in [2.05, 4.69) is 4.74 Å². The lowest BCUT2D eigenvalue weighted by Gasteiger charge is -2.26. The number of halogens is 5. The van der Waals surface area contributed by atoms with Crippen molar-refractivity contribution in [1.82, 2.24) is 0 Å². The normalized spacial score (nSPS) is 17.1. The number of hydrogen-bond donors (Lipinski definition) is 0. The Bertz CT molecular complexity index is 798. The van der Waals surface area contributed by atoms with Gasteiger partial charge in [0.15, 0.2) is 11.6 Å². The van der Waals surface area contributed by atoms with Gasteiger partial charge >= 0.3 is 6.36 Å². The van der Waals surface area contributed by atoms with Gasteiger partial charge in [-0.1, -0.05) is 25.5 Å². The first kappa shape index (κ1) is 18.7. The van der Waals surface area contributed by atoms with Crippen molar-refractivity contribution in [2.45, 2.75) is 51.3 Å². The first-order chi connectivity index (χ1) is 12.3. The zero-order chi connectivity index (χ0) is 18.9. The molecule has 2 aromatic rings. The van der Waals surface area contributed by atoms with Crippen LogP contribution in [-0.4, -0.2) is 6.36 Å². The Balaban J connectivity index is 1.83. The van der Waals surface area contributed by atoms with E-state index in [1.807, 2.05) is 13.0 Å². The van der Waals surface area contributed by atoms with Gasteiger partial charge in [0.05, 0.1) is 0 Å². The quantitative estimate of drug-likeness (QED) is 0.592. The molecular formula is C20H19F5O. The molecule has 1 atom stereocenters. The lowest BCUT2D eigenvalue weighted by molar-refractivity contribution is -0.275. The summed E-state index contributed by atoms with van der Waals surface area (Å²) in [5.41, 5.74) is 2.73. The van der Waals surface area contributed by atoms with Crippen molar-refractivity contribution in [3.8, 4) is 5.75 Å². The summed E-state index contributed by atoms with van der Waals surface area (Å²) in [7, 11) is 0. The topological polar surface area (TPSA) is 9.23 Å². The van der Waals surface area contributed by atoms with Crippen LogP contribution in [0.5, 0.6) is 5.75 Å². The molecule has 0 radical (unpaired) electrons. The highest BCUT2D eigenvalue weighted by atomic mass is 19.4. The molecule has 140 valence electrons. The Morgan fingerprint density at radius 1 is 1.04 bits per heavy atom. The Morgan fingerprint density at radius 2 is 1.81 bits per heavy atom. The fourth-order valence-electron chi connectivity index (χ4n) is 3.57. The lowest BCUT2D eigenvalue weighted by Crippen LogP contribution is -2.19. The first-order valence-electron chi connectivity index (χ1n) is 8.62. The molecule has 0 spiro atoms. The second kappa shape index (κ2) is 7.25. The third-order valence-corrected chi connectivity index (χ3v) is 4.75. The number of fused-ring (bicyclic) bond motifs is 1. The Labute approximate surface area is 148 Å². The second-order valence-corrected chi connectivity index (χ2v) is 6.64. The van der Waals surface area contributed by atoms with E-state index in [1.165, 1.54) is 6.07 Å². The van der Waals surface area contributed by atoms with Crippen LogP contribution < -0.4 is 4.74 Å². The molecule has 0 heterocycles. The average molecular weight is 370 g/mol. The summed E-state index contributed by atoms with van der Waals surface area (Å²) in [5, 5.41) is 0. The zero-order valence-electron chi connectivity index (χ0n) is 14.3. The number of benzene rings is 2. The van der Waals surface area contributed by atoms with E-state index in [9.17, 15) is 22.0 Å². The van der Waals surface area contributed by atoms with Gasteiger partial charge < -0.3 is 4.74 Å². The van der Waals surface area contributed by atoms with Crippen LogP contribution >= 0.6 is 0 Å². The third kappa shape index (κ3) is 4.17. The van der Waals surface area contributed by atoms with Gasteiger partial charge in [-0.15, -0.1) is 13.2 Å². The van der Waals surface area contributed by atoms with Crippen molar-refractivity contribution in [2.24, 2.45) is 0 Å². The molecule has 1 aliphatic carbocycles. The molecule has 0 saturated carbocycles. The van der Waals surface area contributed by atoms with Crippen molar-refractivity contribution in [2.75, 3.05) is 0 Å². The van der Waals surface area contributed by atoms with Crippen LogP contribution in [0.1, 0.15) is 47.9 Å². The van der Waals surface area contributed by atoms with Gasteiger partial charge in [-0.2, -0.15) is 0 Å². The highest BCUT2D eigenvalue weighted by Crippen LogP contribution is 2.37. The summed E-state index contributed by atoms with van der Waals surface area (Å²) in [5.74, 6) is -2.26. The maximum Gasteiger partial charge on any atom is 0.573 e. The van der Waals surface area contributed by atoms with E-state index in [0.717, 1.165) is 30.5 Å². The zero-order valence-corrected chi connectivity index (χ0v) is 14.3. The van der Waals surface area contributed by atoms with Gasteiger partial charge in [-0.05, 0) is 72.1 Å². The van der Waals surface area contributed by atoms with Gasteiger partial charge in [-0.25, -0.2) is 8.78 Å². The smallest absolute Gasteiger partial charge is 0.403 e. The Kier molecular flexibility index (Phi) is 5.21. The summed E-state index contributed by atoms with van der Waals surface area (Å²) >= 11 is 0. The van der Waals surface area contributed by atoms with Crippen LogP contribution in [0.2, 0.25) is 0 Å². The van der Waals surface area contributed by atoms with Crippen LogP contribution in [0, 0.1) is 11.6 Å². The maximum absolute atomic E-state index is 14.4. The molecule has 0 fully saturated rings. The van der Waals surface area contributed by atoms with Crippen molar-refractivity contribution < 1.29 is 26.7 Å². The Hall–Kier alpha value is -2.11. The van der Waals surface area contributed by atoms with Crippen molar-refractivity contribution in [3.63, 3.8) is 0 Å². The second-order valence-electron chi connectivity index (χ2n) is 6.64. The maximum atomic E-state index is 14.4. The molecule has 0 bridgehead atoms. The monoisotopic (exact) mass is 370 g/mol. The predicted molar refractivity (Wildman–Crippen MR) is 88.2 cm³/mol. The standard InChI is InChI=1S/C20H19F5O/c1-2-3-12-4-7-16(17(21)8-12)14-6-5-13-11-19(26-20(23,24)25)18(22)10-15(13)9-14/h4,7-8,10-11,14H,2-3,5-6,9H2,1H3. The van der Waals surface area contributed by atoms with Crippen molar-refractivity contribution in [1.29, 1.82) is 0 Å². The summed E-state index contributed by atoms with van der Waals surface area (Å²) in [6.07, 6.45) is -1.77. The van der Waals surface area contributed by atoms with Crippen LogP contribution in [0.15, 0.2) is 30.3 Å². The lowest BCUT2D eigenvalue weighted by atomic mass is 9.79. The summed E-state index contributed by atoms with van der Waals surface area (Å²) in [6, 6.07) is 7.39. The average Bonchev–Trinajstić information content (AvgIpc) is 2.54. The molecule has 0 N–H and O–H groups in total. The van der Waals surface area contributed by atoms with Gasteiger partial charge in [-0.3, -0.25) is 0 Å². The minimum Gasteiger partial charge on any atom is -0.403 e. The van der Waals surface area contributed by atoms with Crippen LogP contribution in [0.25, 0.3) is 0 Å². The van der Waals surface area contributed by atoms with Gasteiger partial charge in [0.25, 0.3) is 0 Å². The number of ether oxygens (including phenoxy) is 1. The molecule has 2 aromatic carbocycles. The highest BCUT2D eigenvalue weighted by Gasteiger charge is 2.33. The minimum absolute atomic E-state index is 0.119. The van der Waals surface area contributed by atoms with E-state index in [0.29, 0.717) is 36.0 Å². The highest BCUT2D eigenvalue weighted by molar-refractivity contribution is 5.41. The molecule has 0 saturated heterocycles. The van der Waals surface area contributed by atoms with Gasteiger partial charge in [0.2, 0.25) is 0 Å². The van der Waals surface area contributed by atoms with E-state index < -0.39 is 17.9 Å². The van der Waals surface area contributed by atoms with Crippen LogP contribution in [0.4, 0.5) is 22.0 Å². The summed E-state index contributed by atoms with van der Waals surface area (Å²) in [4.78, 5) is 0. The molecule has 26 heavy (non-hydrogen) atoms. The molecule has 1 unspecified atom stereocenters. The molecule has 0 aliphatic heterocycles. The third-order valence-electron chi connectivity index (χ3n) is 4.75. The predicted octanol–water partition coefficient (Wildman–Crippen LogP) is 6.09. The van der Waals surface area contributed by atoms with E-state index >= 15 is 0 Å². The van der Waals surface area contributed by atoms with Gasteiger partial charge in [0.1, 0.15) is 5.82 Å². The first-order valence-corrected chi connectivity index (χ1v) is 8.62. The largest absolute Gasteiger partial charge is 0.573 e. The van der Waals surface area contributed by atoms with Gasteiger partial charge in [0, 0.05) is 0 Å². The molecule has 3 rings (SSSR count). The van der Waals surface area contributed by atoms with Crippen molar-refractivity contribution in [3.05, 3.63) is 64.2 Å². The van der Waals surface area contributed by atoms with E-state index in [-0.39, 0.29) is 11.7 Å². The van der Waals surface area contributed by atoms with Crippen LogP contribution in [-0.2, 0) is 19.3 Å². The summed E-state index contributed by atoms with van der Waals surface area (Å²) < 4.78 is 69.1. The molecule has 1 nitrogen and oxygen atoms in total. The number of rotatable bonds is 4. The number of alkyl halides is 3. The van der Waals surface area contributed by atoms with E-state index in [4.69, 9.17) is 0 Å². The molecule has 0 amide bonds. The molecule has 1 aliphatic rings. The SMILES string of the molecule is CCCc1ccc(C2CCc3cc(OC(F)(F)F)c(F)cc3C2)c(F)c1. The van der Waals surface area contributed by atoms with Crippen LogP contribution in [0.3, 0.4) is 0 Å². The molecule has 6 heteroatoms. The number of aryl methyl sites for hydroxylation is 2. The van der Waals surface area contributed by atoms with Crippen molar-refractivity contribution >= 4 is 0 Å².